The molecule has 1 heterocycles. The molecule has 4 aromatic rings. The second kappa shape index (κ2) is 11.6. The van der Waals surface area contributed by atoms with Gasteiger partial charge in [-0.15, -0.1) is 11.3 Å². The number of ether oxygens (including phenoxy) is 2. The number of nitrogens with one attached hydrogen (secondary N) is 1. The van der Waals surface area contributed by atoms with Crippen molar-refractivity contribution in [1.29, 1.82) is 0 Å². The normalized spacial score (nSPS) is 12.8. The SMILES string of the molecule is COc1cccc(C=Nc2sc3c(c2C(=O)Nc2ccccc2)CCCC3)c1OCc1ccccc1Cl. The van der Waals surface area contributed by atoms with Crippen molar-refractivity contribution in [2.75, 3.05) is 12.4 Å². The fourth-order valence-corrected chi connectivity index (χ4v) is 5.86. The van der Waals surface area contributed by atoms with Gasteiger partial charge in [0.25, 0.3) is 5.91 Å². The van der Waals surface area contributed by atoms with Gasteiger partial charge in [-0.3, -0.25) is 4.79 Å². The molecule has 37 heavy (non-hydrogen) atoms. The maximum atomic E-state index is 13.4. The Labute approximate surface area is 225 Å². The van der Waals surface area contributed by atoms with E-state index in [0.29, 0.717) is 33.7 Å². The summed E-state index contributed by atoms with van der Waals surface area (Å²) in [6, 6.07) is 22.8. The molecule has 0 unspecified atom stereocenters. The Balaban J connectivity index is 1.47. The first-order valence-electron chi connectivity index (χ1n) is 12.2. The zero-order chi connectivity index (χ0) is 25.6. The molecule has 3 aromatic carbocycles. The van der Waals surface area contributed by atoms with E-state index in [2.05, 4.69) is 5.32 Å². The van der Waals surface area contributed by atoms with E-state index in [0.717, 1.165) is 48.1 Å². The van der Waals surface area contributed by atoms with Gasteiger partial charge in [-0.2, -0.15) is 0 Å². The standard InChI is InChI=1S/C30H27ClN2O3S/c1-35-25-16-9-11-20(28(25)36-19-21-10-5-7-15-24(21)31)18-32-30-27(23-14-6-8-17-26(23)37-30)29(34)33-22-12-3-2-4-13-22/h2-5,7,9-13,15-16,18H,6,8,14,17,19H2,1H3,(H,33,34). The molecule has 1 aliphatic carbocycles. The smallest absolute Gasteiger partial charge is 0.259 e. The monoisotopic (exact) mass is 530 g/mol. The van der Waals surface area contributed by atoms with Crippen LogP contribution in [0.25, 0.3) is 0 Å². The minimum atomic E-state index is -0.126. The number of halogens is 1. The third-order valence-electron chi connectivity index (χ3n) is 6.29. The molecule has 1 N–H and O–H groups in total. The van der Waals surface area contributed by atoms with Crippen molar-refractivity contribution >= 4 is 45.7 Å². The van der Waals surface area contributed by atoms with Crippen LogP contribution < -0.4 is 14.8 Å². The Kier molecular flexibility index (Phi) is 7.87. The van der Waals surface area contributed by atoms with Crippen LogP contribution in [0, 0.1) is 0 Å². The second-order valence-electron chi connectivity index (χ2n) is 8.73. The summed E-state index contributed by atoms with van der Waals surface area (Å²) in [6.45, 7) is 0.291. The van der Waals surface area contributed by atoms with Gasteiger partial charge in [0.2, 0.25) is 0 Å². The van der Waals surface area contributed by atoms with Gasteiger partial charge in [-0.05, 0) is 61.6 Å². The first kappa shape index (κ1) is 25.1. The van der Waals surface area contributed by atoms with E-state index in [1.165, 1.54) is 4.88 Å². The van der Waals surface area contributed by atoms with Gasteiger partial charge < -0.3 is 14.8 Å². The number of methoxy groups -OCH3 is 1. The Morgan fingerprint density at radius 3 is 2.62 bits per heavy atom. The number of carbonyl (C=O) groups excluding carboxylic acids is 1. The maximum Gasteiger partial charge on any atom is 0.259 e. The number of fused-ring (bicyclic) bond motifs is 1. The van der Waals surface area contributed by atoms with Crippen molar-refractivity contribution in [3.63, 3.8) is 0 Å². The van der Waals surface area contributed by atoms with E-state index in [1.54, 1.807) is 24.7 Å². The largest absolute Gasteiger partial charge is 0.493 e. The van der Waals surface area contributed by atoms with E-state index in [4.69, 9.17) is 26.1 Å². The summed E-state index contributed by atoms with van der Waals surface area (Å²) in [7, 11) is 1.61. The Morgan fingerprint density at radius 1 is 1.03 bits per heavy atom. The van der Waals surface area contributed by atoms with Crippen molar-refractivity contribution in [1.82, 2.24) is 0 Å². The van der Waals surface area contributed by atoms with E-state index in [9.17, 15) is 4.79 Å². The molecule has 0 atom stereocenters. The molecule has 0 radical (unpaired) electrons. The maximum absolute atomic E-state index is 13.4. The lowest BCUT2D eigenvalue weighted by molar-refractivity contribution is 0.102. The van der Waals surface area contributed by atoms with Crippen LogP contribution in [0.3, 0.4) is 0 Å². The summed E-state index contributed by atoms with van der Waals surface area (Å²) in [5.41, 5.74) is 4.19. The molecule has 1 amide bonds. The molecule has 0 fully saturated rings. The lowest BCUT2D eigenvalue weighted by Crippen LogP contribution is -2.14. The number of para-hydroxylation sites is 2. The first-order valence-corrected chi connectivity index (χ1v) is 13.4. The minimum Gasteiger partial charge on any atom is -0.493 e. The summed E-state index contributed by atoms with van der Waals surface area (Å²) in [4.78, 5) is 19.5. The highest BCUT2D eigenvalue weighted by Gasteiger charge is 2.25. The van der Waals surface area contributed by atoms with Crippen LogP contribution in [0.5, 0.6) is 11.5 Å². The zero-order valence-electron chi connectivity index (χ0n) is 20.5. The van der Waals surface area contributed by atoms with Crippen LogP contribution in [-0.4, -0.2) is 19.2 Å². The van der Waals surface area contributed by atoms with Crippen LogP contribution in [0.4, 0.5) is 10.7 Å². The van der Waals surface area contributed by atoms with Gasteiger partial charge in [0, 0.05) is 32.9 Å². The fourth-order valence-electron chi connectivity index (χ4n) is 4.43. The number of hydrogen-bond acceptors (Lipinski definition) is 5. The van der Waals surface area contributed by atoms with E-state index in [-0.39, 0.29) is 5.91 Å². The predicted molar refractivity (Wildman–Crippen MR) is 151 cm³/mol. The molecule has 1 aromatic heterocycles. The van der Waals surface area contributed by atoms with Crippen LogP contribution in [0.15, 0.2) is 77.8 Å². The molecule has 0 saturated carbocycles. The summed E-state index contributed by atoms with van der Waals surface area (Å²) in [5.74, 6) is 1.05. The molecule has 5 nitrogen and oxygen atoms in total. The van der Waals surface area contributed by atoms with Crippen molar-refractivity contribution in [3.8, 4) is 11.5 Å². The van der Waals surface area contributed by atoms with Crippen molar-refractivity contribution in [2.45, 2.75) is 32.3 Å². The molecular weight excluding hydrogens is 504 g/mol. The average Bonchev–Trinajstić information content (AvgIpc) is 3.30. The highest BCUT2D eigenvalue weighted by Crippen LogP contribution is 2.41. The van der Waals surface area contributed by atoms with Crippen molar-refractivity contribution in [3.05, 3.63) is 105 Å². The van der Waals surface area contributed by atoms with Crippen LogP contribution in [-0.2, 0) is 19.4 Å². The number of hydrogen-bond donors (Lipinski definition) is 1. The van der Waals surface area contributed by atoms with Crippen LogP contribution in [0.1, 0.15) is 44.8 Å². The number of rotatable bonds is 8. The topological polar surface area (TPSA) is 59.9 Å². The molecule has 5 rings (SSSR count). The Morgan fingerprint density at radius 2 is 1.81 bits per heavy atom. The molecule has 0 aliphatic heterocycles. The number of nitrogens with zero attached hydrogens (tertiary/aromatic N) is 1. The van der Waals surface area contributed by atoms with Gasteiger partial charge in [0.1, 0.15) is 11.6 Å². The lowest BCUT2D eigenvalue weighted by atomic mass is 9.95. The fraction of sp³-hybridized carbons (Fsp3) is 0.200. The van der Waals surface area contributed by atoms with E-state index in [1.807, 2.05) is 72.8 Å². The molecule has 0 bridgehead atoms. The van der Waals surface area contributed by atoms with Gasteiger partial charge >= 0.3 is 0 Å². The van der Waals surface area contributed by atoms with Crippen LogP contribution >= 0.6 is 22.9 Å². The predicted octanol–water partition coefficient (Wildman–Crippen LogP) is 7.87. The third-order valence-corrected chi connectivity index (χ3v) is 7.86. The lowest BCUT2D eigenvalue weighted by Gasteiger charge is -2.14. The number of carbonyl (C=O) groups is 1. The minimum absolute atomic E-state index is 0.126. The summed E-state index contributed by atoms with van der Waals surface area (Å²) >= 11 is 7.93. The van der Waals surface area contributed by atoms with E-state index < -0.39 is 0 Å². The third kappa shape index (κ3) is 5.71. The number of benzene rings is 3. The molecular formula is C30H27ClN2O3S. The average molecular weight is 531 g/mol. The number of thiophene rings is 1. The van der Waals surface area contributed by atoms with E-state index >= 15 is 0 Å². The van der Waals surface area contributed by atoms with Crippen LogP contribution in [0.2, 0.25) is 5.02 Å². The van der Waals surface area contributed by atoms with Crippen molar-refractivity contribution < 1.29 is 14.3 Å². The molecule has 7 heteroatoms. The number of anilines is 1. The summed E-state index contributed by atoms with van der Waals surface area (Å²) in [6.07, 6.45) is 5.83. The summed E-state index contributed by atoms with van der Waals surface area (Å²) < 4.78 is 11.7. The van der Waals surface area contributed by atoms with Crippen molar-refractivity contribution in [2.24, 2.45) is 4.99 Å². The molecule has 0 saturated heterocycles. The highest BCUT2D eigenvalue weighted by atomic mass is 35.5. The second-order valence-corrected chi connectivity index (χ2v) is 10.2. The molecule has 1 aliphatic rings. The van der Waals surface area contributed by atoms with Gasteiger partial charge in [-0.25, -0.2) is 4.99 Å². The Hall–Kier alpha value is -3.61. The van der Waals surface area contributed by atoms with Gasteiger partial charge in [-0.1, -0.05) is 54.1 Å². The van der Waals surface area contributed by atoms with Gasteiger partial charge in [0.05, 0.1) is 12.7 Å². The Bertz CT molecular complexity index is 1430. The number of amides is 1. The first-order chi connectivity index (χ1) is 18.1. The quantitative estimate of drug-likeness (QED) is 0.236. The summed E-state index contributed by atoms with van der Waals surface area (Å²) in [5, 5.41) is 4.40. The zero-order valence-corrected chi connectivity index (χ0v) is 22.1. The van der Waals surface area contributed by atoms with Gasteiger partial charge in [0.15, 0.2) is 11.5 Å². The molecule has 188 valence electrons. The number of aliphatic imine (C=N–C) groups is 1. The highest BCUT2D eigenvalue weighted by molar-refractivity contribution is 7.16. The number of aryl methyl sites for hydroxylation is 1. The molecule has 0 spiro atoms.